The van der Waals surface area contributed by atoms with Crippen molar-refractivity contribution in [2.75, 3.05) is 6.61 Å². The molecule has 0 saturated carbocycles. The number of ketones is 1. The minimum Gasteiger partial charge on any atom is -0.494 e. The first kappa shape index (κ1) is 14.5. The lowest BCUT2D eigenvalue weighted by atomic mass is 10.2. The molecule has 18 heavy (non-hydrogen) atoms. The van der Waals surface area contributed by atoms with Gasteiger partial charge in [-0.25, -0.2) is 4.39 Å². The van der Waals surface area contributed by atoms with E-state index in [0.717, 1.165) is 0 Å². The molecule has 0 amide bonds. The molecule has 1 rings (SSSR count). The van der Waals surface area contributed by atoms with Gasteiger partial charge in [-0.2, -0.15) is 13.2 Å². The largest absolute Gasteiger partial charge is 0.494 e. The smallest absolute Gasteiger partial charge is 0.449 e. The summed E-state index contributed by atoms with van der Waals surface area (Å²) in [5.41, 5.74) is 0. The van der Waals surface area contributed by atoms with Crippen LogP contribution < -0.4 is 4.74 Å². The van der Waals surface area contributed by atoms with Crippen molar-refractivity contribution < 1.29 is 27.1 Å². The number of hydrogen-bond acceptors (Lipinski definition) is 2. The molecule has 0 saturated heterocycles. The number of unbranched alkanes of at least 4 members (excludes halogenated alkanes) is 1. The number of halogens is 4. The molecule has 0 spiro atoms. The molecular weight excluding hydrogens is 252 g/mol. The van der Waals surface area contributed by atoms with Crippen molar-refractivity contribution in [1.29, 1.82) is 0 Å². The first-order valence-corrected chi connectivity index (χ1v) is 5.38. The summed E-state index contributed by atoms with van der Waals surface area (Å²) in [6.45, 7) is 0.191. The number of alkyl halides is 3. The summed E-state index contributed by atoms with van der Waals surface area (Å²) in [7, 11) is 0. The van der Waals surface area contributed by atoms with Crippen LogP contribution in [0, 0.1) is 5.82 Å². The van der Waals surface area contributed by atoms with Crippen LogP contribution in [-0.2, 0) is 4.79 Å². The summed E-state index contributed by atoms with van der Waals surface area (Å²) in [6.07, 6.45) is -4.84. The van der Waals surface area contributed by atoms with Crippen LogP contribution >= 0.6 is 0 Å². The standard InChI is InChI=1S/C12H12F4O2/c13-9-4-6-10(7-5-9)18-8-2-1-3-11(17)12(14,15)16/h4-7H,1-3,8H2. The predicted molar refractivity (Wildman–Crippen MR) is 56.8 cm³/mol. The Hall–Kier alpha value is -1.59. The molecule has 6 heteroatoms. The van der Waals surface area contributed by atoms with E-state index in [0.29, 0.717) is 12.2 Å². The number of hydrogen-bond donors (Lipinski definition) is 0. The van der Waals surface area contributed by atoms with Gasteiger partial charge in [-0.1, -0.05) is 0 Å². The van der Waals surface area contributed by atoms with Crippen molar-refractivity contribution in [1.82, 2.24) is 0 Å². The van der Waals surface area contributed by atoms with Crippen LogP contribution in [0.1, 0.15) is 19.3 Å². The second-order valence-electron chi connectivity index (χ2n) is 3.68. The van der Waals surface area contributed by atoms with Crippen LogP contribution in [-0.4, -0.2) is 18.6 Å². The van der Waals surface area contributed by atoms with E-state index in [4.69, 9.17) is 4.74 Å². The molecule has 0 unspecified atom stereocenters. The Morgan fingerprint density at radius 3 is 2.28 bits per heavy atom. The van der Waals surface area contributed by atoms with Crippen LogP contribution in [0.5, 0.6) is 5.75 Å². The van der Waals surface area contributed by atoms with Crippen LogP contribution in [0.25, 0.3) is 0 Å². The molecule has 1 aromatic rings. The van der Waals surface area contributed by atoms with E-state index in [2.05, 4.69) is 0 Å². The highest BCUT2D eigenvalue weighted by molar-refractivity contribution is 5.83. The topological polar surface area (TPSA) is 26.3 Å². The average molecular weight is 264 g/mol. The summed E-state index contributed by atoms with van der Waals surface area (Å²) in [4.78, 5) is 10.5. The van der Waals surface area contributed by atoms with Crippen molar-refractivity contribution in [2.24, 2.45) is 0 Å². The maximum absolute atomic E-state index is 12.5. The Morgan fingerprint density at radius 2 is 1.72 bits per heavy atom. The van der Waals surface area contributed by atoms with E-state index in [9.17, 15) is 22.4 Å². The molecule has 0 heterocycles. The number of carbonyl (C=O) groups is 1. The molecule has 100 valence electrons. The third-order valence-corrected chi connectivity index (χ3v) is 2.20. The average Bonchev–Trinajstić information content (AvgIpc) is 2.29. The zero-order valence-electron chi connectivity index (χ0n) is 9.47. The minimum absolute atomic E-state index is 0.111. The Morgan fingerprint density at radius 1 is 1.11 bits per heavy atom. The number of Topliss-reactive ketones (excluding diaryl/α,β-unsaturated/α-hetero) is 1. The Bertz CT molecular complexity index is 384. The first-order valence-electron chi connectivity index (χ1n) is 5.38. The summed E-state index contributed by atoms with van der Waals surface area (Å²) in [5, 5.41) is 0. The van der Waals surface area contributed by atoms with Gasteiger partial charge in [-0.15, -0.1) is 0 Å². The monoisotopic (exact) mass is 264 g/mol. The fraction of sp³-hybridized carbons (Fsp3) is 0.417. The van der Waals surface area contributed by atoms with Crippen molar-refractivity contribution in [3.63, 3.8) is 0 Å². The van der Waals surface area contributed by atoms with E-state index in [1.165, 1.54) is 24.3 Å². The van der Waals surface area contributed by atoms with E-state index in [1.54, 1.807) is 0 Å². The van der Waals surface area contributed by atoms with Gasteiger partial charge in [0.15, 0.2) is 0 Å². The zero-order valence-corrected chi connectivity index (χ0v) is 9.47. The highest BCUT2D eigenvalue weighted by Crippen LogP contribution is 2.19. The fourth-order valence-corrected chi connectivity index (χ4v) is 1.25. The van der Waals surface area contributed by atoms with Crippen LogP contribution in [0.2, 0.25) is 0 Å². The summed E-state index contributed by atoms with van der Waals surface area (Å²) < 4.78 is 53.2. The maximum atomic E-state index is 12.5. The molecule has 2 nitrogen and oxygen atoms in total. The van der Waals surface area contributed by atoms with Gasteiger partial charge in [0.05, 0.1) is 6.61 Å². The Kier molecular flexibility index (Phi) is 5.12. The van der Waals surface area contributed by atoms with E-state index in [-0.39, 0.29) is 13.0 Å². The fourth-order valence-electron chi connectivity index (χ4n) is 1.25. The number of ether oxygens (including phenoxy) is 1. The molecule has 0 bridgehead atoms. The van der Waals surface area contributed by atoms with Gasteiger partial charge in [0.25, 0.3) is 0 Å². The summed E-state index contributed by atoms with van der Waals surface area (Å²) in [6, 6.07) is 5.30. The third kappa shape index (κ3) is 5.16. The molecular formula is C12H12F4O2. The zero-order chi connectivity index (χ0) is 13.6. The van der Waals surface area contributed by atoms with Gasteiger partial charge in [0, 0.05) is 6.42 Å². The van der Waals surface area contributed by atoms with E-state index in [1.807, 2.05) is 0 Å². The molecule has 1 aromatic carbocycles. The molecule has 0 radical (unpaired) electrons. The summed E-state index contributed by atoms with van der Waals surface area (Å²) in [5.74, 6) is -1.67. The Balaban J connectivity index is 2.16. The number of carbonyl (C=O) groups excluding carboxylic acids is 1. The van der Waals surface area contributed by atoms with Crippen molar-refractivity contribution in [3.05, 3.63) is 30.1 Å². The predicted octanol–water partition coefficient (Wildman–Crippen LogP) is 3.51. The lowest BCUT2D eigenvalue weighted by molar-refractivity contribution is -0.171. The van der Waals surface area contributed by atoms with E-state index >= 15 is 0 Å². The molecule has 0 N–H and O–H groups in total. The first-order chi connectivity index (χ1) is 8.39. The number of benzene rings is 1. The molecule has 0 fully saturated rings. The van der Waals surface area contributed by atoms with Gasteiger partial charge in [-0.3, -0.25) is 4.79 Å². The molecule has 0 atom stereocenters. The lowest BCUT2D eigenvalue weighted by Crippen LogP contribution is -2.22. The molecule has 0 aliphatic rings. The van der Waals surface area contributed by atoms with Crippen molar-refractivity contribution in [2.45, 2.75) is 25.4 Å². The molecule has 0 aliphatic heterocycles. The normalized spacial score (nSPS) is 11.3. The van der Waals surface area contributed by atoms with Crippen LogP contribution in [0.3, 0.4) is 0 Å². The maximum Gasteiger partial charge on any atom is 0.449 e. The highest BCUT2D eigenvalue weighted by Gasteiger charge is 2.36. The second-order valence-corrected chi connectivity index (χ2v) is 3.68. The SMILES string of the molecule is O=C(CCCCOc1ccc(F)cc1)C(F)(F)F. The molecule has 0 aliphatic carbocycles. The van der Waals surface area contributed by atoms with Crippen LogP contribution in [0.15, 0.2) is 24.3 Å². The minimum atomic E-state index is -4.75. The van der Waals surface area contributed by atoms with E-state index < -0.39 is 24.2 Å². The van der Waals surface area contributed by atoms with Crippen LogP contribution in [0.4, 0.5) is 17.6 Å². The Labute approximate surface area is 102 Å². The van der Waals surface area contributed by atoms with Gasteiger partial charge < -0.3 is 4.74 Å². The van der Waals surface area contributed by atoms with Gasteiger partial charge in [0.1, 0.15) is 11.6 Å². The number of rotatable bonds is 6. The second kappa shape index (κ2) is 6.37. The summed E-state index contributed by atoms with van der Waals surface area (Å²) >= 11 is 0. The van der Waals surface area contributed by atoms with Crippen molar-refractivity contribution in [3.8, 4) is 5.75 Å². The lowest BCUT2D eigenvalue weighted by Gasteiger charge is -2.06. The highest BCUT2D eigenvalue weighted by atomic mass is 19.4. The van der Waals surface area contributed by atoms with Gasteiger partial charge in [-0.05, 0) is 37.1 Å². The van der Waals surface area contributed by atoms with Gasteiger partial charge in [0.2, 0.25) is 5.78 Å². The van der Waals surface area contributed by atoms with Crippen molar-refractivity contribution >= 4 is 5.78 Å². The quantitative estimate of drug-likeness (QED) is 0.580. The molecule has 0 aromatic heterocycles. The third-order valence-electron chi connectivity index (χ3n) is 2.20. The van der Waals surface area contributed by atoms with Gasteiger partial charge >= 0.3 is 6.18 Å².